The van der Waals surface area contributed by atoms with Gasteiger partial charge in [-0.15, -0.1) is 0 Å². The van der Waals surface area contributed by atoms with E-state index in [4.69, 9.17) is 4.74 Å². The van der Waals surface area contributed by atoms with E-state index in [0.717, 1.165) is 11.1 Å². The first-order valence-electron chi connectivity index (χ1n) is 5.32. The summed E-state index contributed by atoms with van der Waals surface area (Å²) in [4.78, 5) is 0. The van der Waals surface area contributed by atoms with E-state index in [1.54, 1.807) is 25.3 Å². The van der Waals surface area contributed by atoms with Gasteiger partial charge >= 0.3 is 0 Å². The molecule has 0 unspecified atom stereocenters. The van der Waals surface area contributed by atoms with Gasteiger partial charge in [0.1, 0.15) is 11.5 Å². The molecule has 2 rings (SSSR count). The van der Waals surface area contributed by atoms with Gasteiger partial charge in [0.15, 0.2) is 0 Å². The summed E-state index contributed by atoms with van der Waals surface area (Å²) in [6, 6.07) is 12.2. The smallest absolute Gasteiger partial charge is 0.127 e. The van der Waals surface area contributed by atoms with Crippen molar-refractivity contribution in [3.63, 3.8) is 0 Å². The first-order chi connectivity index (χ1) is 8.24. The highest BCUT2D eigenvalue weighted by Crippen LogP contribution is 2.38. The van der Waals surface area contributed by atoms with Crippen LogP contribution in [0, 0.1) is 0 Å². The van der Waals surface area contributed by atoms with Crippen LogP contribution in [-0.4, -0.2) is 17.3 Å². The summed E-state index contributed by atoms with van der Waals surface area (Å²) in [5.41, 5.74) is 2.15. The molecule has 3 nitrogen and oxygen atoms in total. The molecule has 0 radical (unpaired) electrons. The molecule has 0 aliphatic carbocycles. The molecular formula is C14H14O3. The number of benzene rings is 2. The van der Waals surface area contributed by atoms with Crippen LogP contribution in [0.25, 0.3) is 11.1 Å². The first-order valence-corrected chi connectivity index (χ1v) is 5.32. The van der Waals surface area contributed by atoms with E-state index >= 15 is 0 Å². The van der Waals surface area contributed by atoms with Crippen LogP contribution in [0.1, 0.15) is 5.56 Å². The molecule has 17 heavy (non-hydrogen) atoms. The van der Waals surface area contributed by atoms with Gasteiger partial charge in [-0.2, -0.15) is 0 Å². The van der Waals surface area contributed by atoms with E-state index < -0.39 is 0 Å². The highest BCUT2D eigenvalue weighted by atomic mass is 16.5. The van der Waals surface area contributed by atoms with E-state index in [1.165, 1.54) is 0 Å². The summed E-state index contributed by atoms with van der Waals surface area (Å²) in [6.45, 7) is 0.434. The van der Waals surface area contributed by atoms with Crippen molar-refractivity contribution in [1.29, 1.82) is 0 Å². The molecule has 0 bridgehead atoms. The first kappa shape index (κ1) is 11.5. The van der Waals surface area contributed by atoms with Gasteiger partial charge in [-0.1, -0.05) is 30.3 Å². The van der Waals surface area contributed by atoms with Crippen LogP contribution in [0.5, 0.6) is 11.5 Å². The second-order valence-electron chi connectivity index (χ2n) is 3.76. The van der Waals surface area contributed by atoms with Gasteiger partial charge in [-0.05, 0) is 23.3 Å². The molecule has 0 aliphatic rings. The fourth-order valence-corrected chi connectivity index (χ4v) is 1.85. The second kappa shape index (κ2) is 4.89. The molecule has 0 atom stereocenters. The van der Waals surface area contributed by atoms with Crippen LogP contribution in [0.3, 0.4) is 0 Å². The van der Waals surface area contributed by atoms with Crippen molar-refractivity contribution in [3.8, 4) is 22.6 Å². The van der Waals surface area contributed by atoms with Gasteiger partial charge in [-0.25, -0.2) is 0 Å². The van der Waals surface area contributed by atoms with Crippen molar-refractivity contribution < 1.29 is 14.9 Å². The van der Waals surface area contributed by atoms with E-state index in [1.807, 2.05) is 24.3 Å². The highest BCUT2D eigenvalue weighted by molar-refractivity contribution is 5.78. The van der Waals surface area contributed by atoms with Crippen LogP contribution in [-0.2, 0) is 11.3 Å². The molecular weight excluding hydrogens is 216 g/mol. The van der Waals surface area contributed by atoms with E-state index in [-0.39, 0.29) is 11.5 Å². The number of hydrogen-bond acceptors (Lipinski definition) is 3. The summed E-state index contributed by atoms with van der Waals surface area (Å²) < 4.78 is 5.11. The fourth-order valence-electron chi connectivity index (χ4n) is 1.85. The zero-order valence-corrected chi connectivity index (χ0v) is 9.55. The van der Waals surface area contributed by atoms with Crippen LogP contribution >= 0.6 is 0 Å². The zero-order chi connectivity index (χ0) is 12.3. The van der Waals surface area contributed by atoms with Crippen molar-refractivity contribution in [2.75, 3.05) is 7.11 Å². The molecule has 0 saturated heterocycles. The molecule has 88 valence electrons. The van der Waals surface area contributed by atoms with Crippen LogP contribution in [0.4, 0.5) is 0 Å². The predicted octanol–water partition coefficient (Wildman–Crippen LogP) is 2.91. The SMILES string of the molecule is COCc1ccccc1-c1c(O)cccc1O. The van der Waals surface area contributed by atoms with Gasteiger partial charge in [0.05, 0.1) is 12.2 Å². The summed E-state index contributed by atoms with van der Waals surface area (Å²) in [5.74, 6) is 0.127. The number of phenolic OH excluding ortho intramolecular Hbond substituents is 2. The van der Waals surface area contributed by atoms with E-state index in [9.17, 15) is 10.2 Å². The van der Waals surface area contributed by atoms with Gasteiger partial charge < -0.3 is 14.9 Å². The standard InChI is InChI=1S/C14H14O3/c1-17-9-10-5-2-3-6-11(10)14-12(15)7-4-8-13(14)16/h2-8,15-16H,9H2,1H3. The Morgan fingerprint density at radius 1 is 0.941 bits per heavy atom. The number of phenols is 2. The minimum Gasteiger partial charge on any atom is -0.507 e. The molecule has 2 N–H and O–H groups in total. The number of aromatic hydroxyl groups is 2. The Morgan fingerprint density at radius 3 is 2.24 bits per heavy atom. The number of rotatable bonds is 3. The average Bonchev–Trinajstić information content (AvgIpc) is 2.31. The molecule has 2 aromatic carbocycles. The molecule has 0 saturated carbocycles. The minimum absolute atomic E-state index is 0.0635. The normalized spacial score (nSPS) is 10.4. The lowest BCUT2D eigenvalue weighted by Crippen LogP contribution is -1.92. The monoisotopic (exact) mass is 230 g/mol. The van der Waals surface area contributed by atoms with Gasteiger partial charge in [-0.3, -0.25) is 0 Å². The third-order valence-corrected chi connectivity index (χ3v) is 2.61. The Hall–Kier alpha value is -2.00. The molecule has 0 aromatic heterocycles. The van der Waals surface area contributed by atoms with Crippen LogP contribution < -0.4 is 0 Å². The minimum atomic E-state index is 0.0635. The molecule has 0 spiro atoms. The van der Waals surface area contributed by atoms with Gasteiger partial charge in [0.2, 0.25) is 0 Å². The molecule has 0 aliphatic heterocycles. The Morgan fingerprint density at radius 2 is 1.59 bits per heavy atom. The molecule has 0 fully saturated rings. The van der Waals surface area contributed by atoms with E-state index in [2.05, 4.69) is 0 Å². The summed E-state index contributed by atoms with van der Waals surface area (Å²) in [7, 11) is 1.61. The zero-order valence-electron chi connectivity index (χ0n) is 9.55. The lowest BCUT2D eigenvalue weighted by atomic mass is 9.98. The summed E-state index contributed by atoms with van der Waals surface area (Å²) in [5, 5.41) is 19.7. The van der Waals surface area contributed by atoms with Crippen molar-refractivity contribution in [2.24, 2.45) is 0 Å². The van der Waals surface area contributed by atoms with Gasteiger partial charge in [0.25, 0.3) is 0 Å². The molecule has 3 heteroatoms. The summed E-state index contributed by atoms with van der Waals surface area (Å²) in [6.07, 6.45) is 0. The van der Waals surface area contributed by atoms with Crippen LogP contribution in [0.15, 0.2) is 42.5 Å². The topological polar surface area (TPSA) is 49.7 Å². The van der Waals surface area contributed by atoms with Crippen LogP contribution in [0.2, 0.25) is 0 Å². The Balaban J connectivity index is 2.60. The third-order valence-electron chi connectivity index (χ3n) is 2.61. The van der Waals surface area contributed by atoms with Crippen molar-refractivity contribution in [3.05, 3.63) is 48.0 Å². The second-order valence-corrected chi connectivity index (χ2v) is 3.76. The Kier molecular flexibility index (Phi) is 3.30. The maximum Gasteiger partial charge on any atom is 0.127 e. The number of ether oxygens (including phenoxy) is 1. The predicted molar refractivity (Wildman–Crippen MR) is 65.9 cm³/mol. The highest BCUT2D eigenvalue weighted by Gasteiger charge is 2.12. The summed E-state index contributed by atoms with van der Waals surface area (Å²) >= 11 is 0. The third kappa shape index (κ3) is 2.24. The molecule has 0 amide bonds. The fraction of sp³-hybridized carbons (Fsp3) is 0.143. The molecule has 2 aromatic rings. The van der Waals surface area contributed by atoms with Crippen molar-refractivity contribution in [1.82, 2.24) is 0 Å². The van der Waals surface area contributed by atoms with E-state index in [0.29, 0.717) is 12.2 Å². The maximum absolute atomic E-state index is 9.84. The lowest BCUT2D eigenvalue weighted by Gasteiger charge is -2.11. The van der Waals surface area contributed by atoms with Crippen molar-refractivity contribution >= 4 is 0 Å². The van der Waals surface area contributed by atoms with Crippen molar-refractivity contribution in [2.45, 2.75) is 6.61 Å². The van der Waals surface area contributed by atoms with Gasteiger partial charge in [0, 0.05) is 7.11 Å². The largest absolute Gasteiger partial charge is 0.507 e. The lowest BCUT2D eigenvalue weighted by molar-refractivity contribution is 0.185. The quantitative estimate of drug-likeness (QED) is 0.852. The molecule has 0 heterocycles. The maximum atomic E-state index is 9.84. The Labute approximate surface area is 99.9 Å². The average molecular weight is 230 g/mol. The Bertz CT molecular complexity index is 500. The number of hydrogen-bond donors (Lipinski definition) is 2. The number of methoxy groups -OCH3 is 1.